The van der Waals surface area contributed by atoms with Crippen LogP contribution >= 0.6 is 0 Å². The Labute approximate surface area is 106 Å². The molecule has 0 radical (unpaired) electrons. The molecule has 0 heterocycles. The molecular formula is C16H15FO. The summed E-state index contributed by atoms with van der Waals surface area (Å²) in [7, 11) is 0. The third kappa shape index (κ3) is 2.65. The van der Waals surface area contributed by atoms with Crippen LogP contribution in [0.4, 0.5) is 4.39 Å². The Kier molecular flexibility index (Phi) is 3.88. The van der Waals surface area contributed by atoms with Crippen LogP contribution in [0.15, 0.2) is 48.5 Å². The molecule has 0 aliphatic heterocycles. The Morgan fingerprint density at radius 3 is 2.28 bits per heavy atom. The van der Waals surface area contributed by atoms with Crippen molar-refractivity contribution in [1.29, 1.82) is 0 Å². The van der Waals surface area contributed by atoms with Crippen LogP contribution in [0.2, 0.25) is 0 Å². The van der Waals surface area contributed by atoms with Gasteiger partial charge in [-0.25, -0.2) is 4.39 Å². The Balaban J connectivity index is 2.25. The zero-order chi connectivity index (χ0) is 13.0. The lowest BCUT2D eigenvalue weighted by molar-refractivity contribution is 0.0991. The Morgan fingerprint density at radius 2 is 1.61 bits per heavy atom. The largest absolute Gasteiger partial charge is 0.294 e. The second-order valence-corrected chi connectivity index (χ2v) is 4.20. The number of Topliss-reactive ketones (excluding diaryl/α,β-unsaturated/α-hetero) is 1. The van der Waals surface area contributed by atoms with Gasteiger partial charge in [-0.2, -0.15) is 0 Å². The highest BCUT2D eigenvalue weighted by atomic mass is 19.1. The lowest BCUT2D eigenvalue weighted by Crippen LogP contribution is -2.07. The van der Waals surface area contributed by atoms with Crippen LogP contribution in [-0.4, -0.2) is 5.78 Å². The summed E-state index contributed by atoms with van der Waals surface area (Å²) in [4.78, 5) is 12.2. The van der Waals surface area contributed by atoms with Crippen LogP contribution in [0, 0.1) is 5.82 Å². The van der Waals surface area contributed by atoms with Gasteiger partial charge in [0.2, 0.25) is 0 Å². The molecule has 0 atom stereocenters. The molecule has 0 bridgehead atoms. The van der Waals surface area contributed by atoms with E-state index in [-0.39, 0.29) is 18.0 Å². The van der Waals surface area contributed by atoms with Crippen molar-refractivity contribution in [2.24, 2.45) is 0 Å². The quantitative estimate of drug-likeness (QED) is 0.745. The number of rotatable bonds is 4. The Bertz CT molecular complexity index is 561. The van der Waals surface area contributed by atoms with E-state index < -0.39 is 0 Å². The summed E-state index contributed by atoms with van der Waals surface area (Å²) in [6.07, 6.45) is 0.920. The van der Waals surface area contributed by atoms with E-state index in [0.717, 1.165) is 12.0 Å². The summed E-state index contributed by atoms with van der Waals surface area (Å²) < 4.78 is 13.5. The number of halogens is 1. The molecule has 0 saturated carbocycles. The average molecular weight is 242 g/mol. The molecule has 0 aromatic heterocycles. The van der Waals surface area contributed by atoms with Gasteiger partial charge in [0.25, 0.3) is 0 Å². The number of aryl methyl sites for hydroxylation is 1. The molecule has 0 amide bonds. The number of ketones is 1. The summed E-state index contributed by atoms with van der Waals surface area (Å²) >= 11 is 0. The van der Waals surface area contributed by atoms with Crippen molar-refractivity contribution >= 4 is 5.78 Å². The van der Waals surface area contributed by atoms with Crippen molar-refractivity contribution in [1.82, 2.24) is 0 Å². The van der Waals surface area contributed by atoms with E-state index in [4.69, 9.17) is 0 Å². The molecule has 18 heavy (non-hydrogen) atoms. The maximum atomic E-state index is 13.5. The molecule has 1 nitrogen and oxygen atoms in total. The van der Waals surface area contributed by atoms with Gasteiger partial charge in [0, 0.05) is 12.0 Å². The van der Waals surface area contributed by atoms with Gasteiger partial charge in [-0.15, -0.1) is 0 Å². The van der Waals surface area contributed by atoms with E-state index in [1.54, 1.807) is 18.2 Å². The van der Waals surface area contributed by atoms with Gasteiger partial charge < -0.3 is 0 Å². The molecule has 2 aromatic carbocycles. The predicted molar refractivity (Wildman–Crippen MR) is 70.3 cm³/mol. The topological polar surface area (TPSA) is 17.1 Å². The van der Waals surface area contributed by atoms with E-state index in [1.807, 2.05) is 31.2 Å². The van der Waals surface area contributed by atoms with Crippen molar-refractivity contribution in [2.75, 3.05) is 0 Å². The SMILES string of the molecule is CCc1ccccc1C(=O)Cc1ccccc1F. The molecular weight excluding hydrogens is 227 g/mol. The minimum absolute atomic E-state index is 0.0300. The number of carbonyl (C=O) groups excluding carboxylic acids is 1. The normalized spacial score (nSPS) is 10.3. The van der Waals surface area contributed by atoms with Gasteiger partial charge in [0.15, 0.2) is 5.78 Å². The summed E-state index contributed by atoms with van der Waals surface area (Å²) in [5.41, 5.74) is 2.16. The molecule has 92 valence electrons. The third-order valence-corrected chi connectivity index (χ3v) is 3.01. The zero-order valence-electron chi connectivity index (χ0n) is 10.3. The molecule has 0 spiro atoms. The van der Waals surface area contributed by atoms with Gasteiger partial charge in [-0.05, 0) is 23.6 Å². The zero-order valence-corrected chi connectivity index (χ0v) is 10.3. The first kappa shape index (κ1) is 12.5. The summed E-state index contributed by atoms with van der Waals surface area (Å²) in [6, 6.07) is 13.9. The summed E-state index contributed by atoms with van der Waals surface area (Å²) in [6.45, 7) is 2.01. The Hall–Kier alpha value is -1.96. The maximum absolute atomic E-state index is 13.5. The Morgan fingerprint density at radius 1 is 1.00 bits per heavy atom. The highest BCUT2D eigenvalue weighted by molar-refractivity contribution is 5.98. The molecule has 0 saturated heterocycles. The van der Waals surface area contributed by atoms with Gasteiger partial charge in [0.05, 0.1) is 0 Å². The lowest BCUT2D eigenvalue weighted by Gasteiger charge is -2.07. The van der Waals surface area contributed by atoms with Crippen LogP contribution in [0.25, 0.3) is 0 Å². The molecule has 2 aromatic rings. The van der Waals surface area contributed by atoms with E-state index in [9.17, 15) is 9.18 Å². The minimum Gasteiger partial charge on any atom is -0.294 e. The smallest absolute Gasteiger partial charge is 0.167 e. The van der Waals surface area contributed by atoms with Crippen LogP contribution in [0.3, 0.4) is 0 Å². The van der Waals surface area contributed by atoms with E-state index in [0.29, 0.717) is 11.1 Å². The fourth-order valence-electron chi connectivity index (χ4n) is 2.01. The van der Waals surface area contributed by atoms with E-state index >= 15 is 0 Å². The molecule has 0 N–H and O–H groups in total. The van der Waals surface area contributed by atoms with Crippen LogP contribution < -0.4 is 0 Å². The van der Waals surface area contributed by atoms with Crippen molar-refractivity contribution in [2.45, 2.75) is 19.8 Å². The lowest BCUT2D eigenvalue weighted by atomic mass is 9.97. The first-order valence-corrected chi connectivity index (χ1v) is 6.07. The van der Waals surface area contributed by atoms with Crippen LogP contribution in [-0.2, 0) is 12.8 Å². The number of benzene rings is 2. The number of carbonyl (C=O) groups is 1. The molecule has 2 rings (SSSR count). The highest BCUT2D eigenvalue weighted by Gasteiger charge is 2.12. The summed E-state index contributed by atoms with van der Waals surface area (Å²) in [5.74, 6) is -0.350. The van der Waals surface area contributed by atoms with Crippen LogP contribution in [0.5, 0.6) is 0 Å². The maximum Gasteiger partial charge on any atom is 0.167 e. The first-order valence-electron chi connectivity index (χ1n) is 6.07. The number of hydrogen-bond donors (Lipinski definition) is 0. The van der Waals surface area contributed by atoms with Gasteiger partial charge in [-0.3, -0.25) is 4.79 Å². The fraction of sp³-hybridized carbons (Fsp3) is 0.188. The second-order valence-electron chi connectivity index (χ2n) is 4.20. The van der Waals surface area contributed by atoms with Crippen molar-refractivity contribution in [3.05, 3.63) is 71.0 Å². The highest BCUT2D eigenvalue weighted by Crippen LogP contribution is 2.15. The monoisotopic (exact) mass is 242 g/mol. The average Bonchev–Trinajstić information content (AvgIpc) is 2.41. The molecule has 0 unspecified atom stereocenters. The van der Waals surface area contributed by atoms with E-state index in [2.05, 4.69) is 0 Å². The number of hydrogen-bond acceptors (Lipinski definition) is 1. The predicted octanol–water partition coefficient (Wildman–Crippen LogP) is 3.81. The van der Waals surface area contributed by atoms with Crippen LogP contribution in [0.1, 0.15) is 28.4 Å². The van der Waals surface area contributed by atoms with Crippen molar-refractivity contribution in [3.63, 3.8) is 0 Å². The fourth-order valence-corrected chi connectivity index (χ4v) is 2.01. The van der Waals surface area contributed by atoms with Crippen molar-refractivity contribution < 1.29 is 9.18 Å². The van der Waals surface area contributed by atoms with Crippen molar-refractivity contribution in [3.8, 4) is 0 Å². The van der Waals surface area contributed by atoms with Gasteiger partial charge in [-0.1, -0.05) is 49.4 Å². The first-order chi connectivity index (χ1) is 8.72. The second kappa shape index (κ2) is 5.58. The standard InChI is InChI=1S/C16H15FO/c1-2-12-7-3-5-9-14(12)16(18)11-13-8-4-6-10-15(13)17/h3-10H,2,11H2,1H3. The van der Waals surface area contributed by atoms with Gasteiger partial charge in [0.1, 0.15) is 5.82 Å². The third-order valence-electron chi connectivity index (χ3n) is 3.01. The molecule has 0 fully saturated rings. The molecule has 2 heteroatoms. The molecule has 0 aliphatic rings. The van der Waals surface area contributed by atoms with E-state index in [1.165, 1.54) is 6.07 Å². The molecule has 0 aliphatic carbocycles. The minimum atomic E-state index is -0.320. The van der Waals surface area contributed by atoms with Gasteiger partial charge >= 0.3 is 0 Å². The summed E-state index contributed by atoms with van der Waals surface area (Å²) in [5, 5.41) is 0.